The van der Waals surface area contributed by atoms with Crippen LogP contribution in [0, 0.1) is 0 Å². The Kier molecular flexibility index (Phi) is 3.67. The number of nitrogens with two attached hydrogens (primary N) is 1. The summed E-state index contributed by atoms with van der Waals surface area (Å²) in [6.07, 6.45) is 1.49. The first-order valence-corrected chi connectivity index (χ1v) is 5.91. The Hall–Kier alpha value is -1.11. The first-order chi connectivity index (χ1) is 6.99. The molecule has 1 aromatic rings. The zero-order chi connectivity index (χ0) is 11.5. The van der Waals surface area contributed by atoms with Gasteiger partial charge < -0.3 is 10.2 Å². The second kappa shape index (κ2) is 4.61. The number of hydrogen-bond donors (Lipinski definition) is 2. The monoisotopic (exact) mass is 230 g/mol. The van der Waals surface area contributed by atoms with Gasteiger partial charge in [0.15, 0.2) is 0 Å². The van der Waals surface area contributed by atoms with Gasteiger partial charge in [0, 0.05) is 6.04 Å². The molecular weight excluding hydrogens is 216 g/mol. The van der Waals surface area contributed by atoms with Crippen molar-refractivity contribution < 1.29 is 12.8 Å². The average Bonchev–Trinajstić information content (AvgIpc) is 2.65. The third kappa shape index (κ3) is 2.92. The van der Waals surface area contributed by atoms with Crippen molar-refractivity contribution in [2.45, 2.75) is 24.6 Å². The lowest BCUT2D eigenvalue weighted by molar-refractivity contribution is 0.412. The minimum absolute atomic E-state index is 0.128. The standard InChI is InChI=1S/C9H14N2O3S/c1-3-7(2)11-15(12,13)9-5-4-8(6-10)14-9/h3-5,7,11H,1,6,10H2,2H3. The Morgan fingerprint density at radius 2 is 2.33 bits per heavy atom. The van der Waals surface area contributed by atoms with Gasteiger partial charge in [0.1, 0.15) is 5.76 Å². The zero-order valence-corrected chi connectivity index (χ0v) is 9.25. The smallest absolute Gasteiger partial charge is 0.274 e. The summed E-state index contributed by atoms with van der Waals surface area (Å²) < 4.78 is 30.7. The maximum absolute atomic E-state index is 11.6. The lowest BCUT2D eigenvalue weighted by Gasteiger charge is -2.07. The molecule has 0 spiro atoms. The van der Waals surface area contributed by atoms with E-state index in [1.807, 2.05) is 0 Å². The molecule has 0 saturated heterocycles. The SMILES string of the molecule is C=CC(C)NS(=O)(=O)c1ccc(CN)o1. The van der Waals surface area contributed by atoms with Gasteiger partial charge in [0.25, 0.3) is 10.0 Å². The van der Waals surface area contributed by atoms with E-state index in [0.717, 1.165) is 0 Å². The highest BCUT2D eigenvalue weighted by atomic mass is 32.2. The molecule has 1 atom stereocenters. The van der Waals surface area contributed by atoms with Crippen molar-refractivity contribution in [3.63, 3.8) is 0 Å². The van der Waals surface area contributed by atoms with E-state index in [9.17, 15) is 8.42 Å². The molecule has 0 aliphatic rings. The zero-order valence-electron chi connectivity index (χ0n) is 8.43. The molecule has 1 rings (SSSR count). The third-order valence-electron chi connectivity index (χ3n) is 1.80. The van der Waals surface area contributed by atoms with Gasteiger partial charge in [-0.15, -0.1) is 6.58 Å². The molecule has 0 fully saturated rings. The molecule has 84 valence electrons. The van der Waals surface area contributed by atoms with E-state index in [0.29, 0.717) is 5.76 Å². The number of furan rings is 1. The van der Waals surface area contributed by atoms with Gasteiger partial charge in [-0.05, 0) is 19.1 Å². The fourth-order valence-electron chi connectivity index (χ4n) is 0.963. The average molecular weight is 230 g/mol. The highest BCUT2D eigenvalue weighted by molar-refractivity contribution is 7.89. The summed E-state index contributed by atoms with van der Waals surface area (Å²) in [6.45, 7) is 5.33. The van der Waals surface area contributed by atoms with Crippen LogP contribution in [0.5, 0.6) is 0 Å². The predicted octanol–water partition coefficient (Wildman–Crippen LogP) is 0.591. The predicted molar refractivity (Wildman–Crippen MR) is 56.6 cm³/mol. The Bertz CT molecular complexity index is 436. The van der Waals surface area contributed by atoms with E-state index in [4.69, 9.17) is 10.2 Å². The highest BCUT2D eigenvalue weighted by Gasteiger charge is 2.19. The summed E-state index contributed by atoms with van der Waals surface area (Å²) in [6, 6.07) is 2.56. The van der Waals surface area contributed by atoms with Crippen LogP contribution in [0.1, 0.15) is 12.7 Å². The Morgan fingerprint density at radius 1 is 1.67 bits per heavy atom. The number of rotatable bonds is 5. The van der Waals surface area contributed by atoms with Crippen molar-refractivity contribution >= 4 is 10.0 Å². The van der Waals surface area contributed by atoms with Gasteiger partial charge in [-0.2, -0.15) is 0 Å². The minimum atomic E-state index is -3.60. The van der Waals surface area contributed by atoms with E-state index in [1.54, 1.807) is 6.92 Å². The van der Waals surface area contributed by atoms with Crippen molar-refractivity contribution in [2.24, 2.45) is 5.73 Å². The van der Waals surface area contributed by atoms with E-state index in [1.165, 1.54) is 18.2 Å². The number of hydrogen-bond acceptors (Lipinski definition) is 4. The molecule has 0 saturated carbocycles. The first kappa shape index (κ1) is 12.0. The largest absolute Gasteiger partial charge is 0.447 e. The molecule has 1 heterocycles. The molecule has 1 aromatic heterocycles. The van der Waals surface area contributed by atoms with Crippen LogP contribution in [0.3, 0.4) is 0 Å². The van der Waals surface area contributed by atoms with Crippen LogP contribution in [0.25, 0.3) is 0 Å². The summed E-state index contributed by atoms with van der Waals surface area (Å²) >= 11 is 0. The Balaban J connectivity index is 2.90. The second-order valence-electron chi connectivity index (χ2n) is 3.07. The highest BCUT2D eigenvalue weighted by Crippen LogP contribution is 2.13. The van der Waals surface area contributed by atoms with Crippen molar-refractivity contribution in [3.8, 4) is 0 Å². The van der Waals surface area contributed by atoms with Gasteiger partial charge in [0.05, 0.1) is 6.54 Å². The van der Waals surface area contributed by atoms with E-state index >= 15 is 0 Å². The van der Waals surface area contributed by atoms with Gasteiger partial charge in [0.2, 0.25) is 5.09 Å². The summed E-state index contributed by atoms with van der Waals surface area (Å²) in [5.41, 5.74) is 5.31. The van der Waals surface area contributed by atoms with E-state index in [-0.39, 0.29) is 17.7 Å². The minimum Gasteiger partial charge on any atom is -0.447 e. The van der Waals surface area contributed by atoms with Gasteiger partial charge in [-0.3, -0.25) is 0 Å². The fraction of sp³-hybridized carbons (Fsp3) is 0.333. The van der Waals surface area contributed by atoms with Crippen LogP contribution in [-0.2, 0) is 16.6 Å². The van der Waals surface area contributed by atoms with Crippen LogP contribution < -0.4 is 10.5 Å². The van der Waals surface area contributed by atoms with Gasteiger partial charge in [-0.25, -0.2) is 13.1 Å². The van der Waals surface area contributed by atoms with Crippen LogP contribution in [0.4, 0.5) is 0 Å². The van der Waals surface area contributed by atoms with Gasteiger partial charge >= 0.3 is 0 Å². The van der Waals surface area contributed by atoms with E-state index < -0.39 is 10.0 Å². The molecule has 3 N–H and O–H groups in total. The topological polar surface area (TPSA) is 85.3 Å². The maximum Gasteiger partial charge on any atom is 0.274 e. The maximum atomic E-state index is 11.6. The van der Waals surface area contributed by atoms with Crippen molar-refractivity contribution in [3.05, 3.63) is 30.5 Å². The van der Waals surface area contributed by atoms with Crippen LogP contribution in [0.2, 0.25) is 0 Å². The molecule has 1 unspecified atom stereocenters. The molecular formula is C9H14N2O3S. The molecule has 0 amide bonds. The summed E-state index contributed by atoms with van der Waals surface area (Å²) in [5, 5.41) is -0.128. The van der Waals surface area contributed by atoms with Gasteiger partial charge in [-0.1, -0.05) is 6.08 Å². The lowest BCUT2D eigenvalue weighted by atomic mass is 10.4. The quantitative estimate of drug-likeness (QED) is 0.725. The molecule has 0 aromatic carbocycles. The Labute approximate surface area is 89.0 Å². The Morgan fingerprint density at radius 3 is 2.80 bits per heavy atom. The van der Waals surface area contributed by atoms with Crippen molar-refractivity contribution in [1.29, 1.82) is 0 Å². The van der Waals surface area contributed by atoms with Crippen LogP contribution in [0.15, 0.2) is 34.3 Å². The summed E-state index contributed by atoms with van der Waals surface area (Å²) in [4.78, 5) is 0. The fourth-order valence-corrected chi connectivity index (χ4v) is 2.13. The van der Waals surface area contributed by atoms with Crippen molar-refractivity contribution in [1.82, 2.24) is 4.72 Å². The summed E-state index contributed by atoms with van der Waals surface area (Å²) in [7, 11) is -3.60. The molecule has 6 heteroatoms. The second-order valence-corrected chi connectivity index (χ2v) is 4.72. The molecule has 0 aliphatic carbocycles. The molecule has 0 aliphatic heterocycles. The summed E-state index contributed by atoms with van der Waals surface area (Å²) in [5.74, 6) is 0.432. The van der Waals surface area contributed by atoms with Crippen LogP contribution in [-0.4, -0.2) is 14.5 Å². The molecule has 0 bridgehead atoms. The van der Waals surface area contributed by atoms with E-state index in [2.05, 4.69) is 11.3 Å². The number of nitrogens with one attached hydrogen (secondary N) is 1. The molecule has 5 nitrogen and oxygen atoms in total. The molecule has 0 radical (unpaired) electrons. The lowest BCUT2D eigenvalue weighted by Crippen LogP contribution is -2.30. The van der Waals surface area contributed by atoms with Crippen LogP contribution >= 0.6 is 0 Å². The molecule has 15 heavy (non-hydrogen) atoms. The first-order valence-electron chi connectivity index (χ1n) is 4.43. The third-order valence-corrected chi connectivity index (χ3v) is 3.23. The van der Waals surface area contributed by atoms with Crippen molar-refractivity contribution in [2.75, 3.05) is 0 Å². The normalized spacial score (nSPS) is 13.7. The number of sulfonamides is 1.